The highest BCUT2D eigenvalue weighted by Gasteiger charge is 2.16. The molecule has 3 aromatic rings. The first-order valence-electron chi connectivity index (χ1n) is 6.69. The molecule has 1 unspecified atom stereocenters. The largest absolute Gasteiger partial charge is 0.384 e. The van der Waals surface area contributed by atoms with Crippen LogP contribution < -0.4 is 0 Å². The highest BCUT2D eigenvalue weighted by Crippen LogP contribution is 2.34. The molecule has 1 N–H and O–H groups in total. The van der Waals surface area contributed by atoms with Crippen LogP contribution in [0.2, 0.25) is 5.02 Å². The lowest BCUT2D eigenvalue weighted by Crippen LogP contribution is -2.03. The van der Waals surface area contributed by atoms with E-state index in [0.717, 1.165) is 31.9 Å². The summed E-state index contributed by atoms with van der Waals surface area (Å²) < 4.78 is 1.03. The van der Waals surface area contributed by atoms with E-state index in [1.54, 1.807) is 0 Å². The molecule has 21 heavy (non-hydrogen) atoms. The van der Waals surface area contributed by atoms with Gasteiger partial charge in [0.15, 0.2) is 0 Å². The monoisotopic (exact) mass is 360 g/mol. The van der Waals surface area contributed by atoms with Crippen molar-refractivity contribution in [3.05, 3.63) is 80.8 Å². The normalized spacial score (nSPS) is 12.6. The fourth-order valence-electron chi connectivity index (χ4n) is 2.64. The molecule has 0 aliphatic carbocycles. The van der Waals surface area contributed by atoms with Gasteiger partial charge in [0.1, 0.15) is 6.10 Å². The fourth-order valence-corrected chi connectivity index (χ4v) is 3.34. The van der Waals surface area contributed by atoms with Gasteiger partial charge in [-0.15, -0.1) is 0 Å². The molecule has 106 valence electrons. The highest BCUT2D eigenvalue weighted by molar-refractivity contribution is 9.10. The van der Waals surface area contributed by atoms with E-state index < -0.39 is 6.10 Å². The van der Waals surface area contributed by atoms with Crippen molar-refractivity contribution in [3.63, 3.8) is 0 Å². The molecular weight excluding hydrogens is 348 g/mol. The molecule has 3 aromatic carbocycles. The second-order valence-electron chi connectivity index (χ2n) is 5.09. The number of benzene rings is 3. The number of aryl methyl sites for hydroxylation is 1. The molecule has 3 rings (SSSR count). The Morgan fingerprint density at radius 3 is 2.33 bits per heavy atom. The number of aliphatic hydroxyl groups excluding tert-OH is 1. The number of aliphatic hydroxyl groups is 1. The minimum Gasteiger partial charge on any atom is -0.384 e. The van der Waals surface area contributed by atoms with Gasteiger partial charge in [-0.05, 0) is 52.6 Å². The summed E-state index contributed by atoms with van der Waals surface area (Å²) >= 11 is 9.56. The predicted molar refractivity (Wildman–Crippen MR) is 91.9 cm³/mol. The van der Waals surface area contributed by atoms with E-state index in [-0.39, 0.29) is 0 Å². The fraction of sp³-hybridized carbons (Fsp3) is 0.111. The smallest absolute Gasteiger partial charge is 0.105 e. The Morgan fingerprint density at radius 1 is 0.952 bits per heavy atom. The average molecular weight is 362 g/mol. The molecule has 0 radical (unpaired) electrons. The first-order valence-corrected chi connectivity index (χ1v) is 7.86. The summed E-state index contributed by atoms with van der Waals surface area (Å²) in [4.78, 5) is 0. The van der Waals surface area contributed by atoms with Crippen molar-refractivity contribution in [2.24, 2.45) is 0 Å². The molecule has 0 saturated heterocycles. The van der Waals surface area contributed by atoms with Gasteiger partial charge in [-0.25, -0.2) is 0 Å². The Kier molecular flexibility index (Phi) is 4.03. The molecule has 0 aliphatic heterocycles. The topological polar surface area (TPSA) is 20.2 Å². The molecule has 0 fully saturated rings. The van der Waals surface area contributed by atoms with E-state index in [1.165, 1.54) is 0 Å². The maximum atomic E-state index is 10.8. The predicted octanol–water partition coefficient (Wildman–Crippen LogP) is 5.65. The third kappa shape index (κ3) is 2.71. The van der Waals surface area contributed by atoms with Crippen LogP contribution in [0.5, 0.6) is 0 Å². The van der Waals surface area contributed by atoms with Gasteiger partial charge in [0.05, 0.1) is 0 Å². The van der Waals surface area contributed by atoms with Crippen LogP contribution in [0.4, 0.5) is 0 Å². The Balaban J connectivity index is 2.18. The van der Waals surface area contributed by atoms with E-state index in [2.05, 4.69) is 15.9 Å². The molecule has 3 heteroatoms. The van der Waals surface area contributed by atoms with Crippen LogP contribution in [0.3, 0.4) is 0 Å². The van der Waals surface area contributed by atoms with Crippen molar-refractivity contribution in [2.75, 3.05) is 0 Å². The van der Waals surface area contributed by atoms with E-state index in [9.17, 15) is 5.11 Å². The van der Waals surface area contributed by atoms with Gasteiger partial charge in [0, 0.05) is 9.50 Å². The molecule has 0 bridgehead atoms. The van der Waals surface area contributed by atoms with Crippen molar-refractivity contribution in [1.82, 2.24) is 0 Å². The summed E-state index contributed by atoms with van der Waals surface area (Å²) in [5.41, 5.74) is 2.77. The zero-order chi connectivity index (χ0) is 15.0. The molecule has 1 nitrogen and oxygen atoms in total. The van der Waals surface area contributed by atoms with Gasteiger partial charge in [0.25, 0.3) is 0 Å². The Labute approximate surface area is 137 Å². The SMILES string of the molecule is Cc1cc(Cl)ccc1C(O)c1ccc(Br)c2ccccc12. The maximum absolute atomic E-state index is 10.8. The second-order valence-corrected chi connectivity index (χ2v) is 6.38. The van der Waals surface area contributed by atoms with E-state index in [0.29, 0.717) is 5.02 Å². The van der Waals surface area contributed by atoms with Crippen molar-refractivity contribution < 1.29 is 5.11 Å². The number of rotatable bonds is 2. The summed E-state index contributed by atoms with van der Waals surface area (Å²) in [6, 6.07) is 17.6. The number of hydrogen-bond acceptors (Lipinski definition) is 1. The maximum Gasteiger partial charge on any atom is 0.105 e. The first-order chi connectivity index (χ1) is 10.1. The van der Waals surface area contributed by atoms with Crippen LogP contribution in [0.15, 0.2) is 59.1 Å². The minimum absolute atomic E-state index is 0.666. The standard InChI is InChI=1S/C18H14BrClO/c1-11-10-12(20)6-7-13(11)18(21)16-8-9-17(19)15-5-3-2-4-14(15)16/h2-10,18,21H,1H3. The third-order valence-electron chi connectivity index (χ3n) is 3.73. The molecule has 1 atom stereocenters. The zero-order valence-corrected chi connectivity index (χ0v) is 13.8. The van der Waals surface area contributed by atoms with Crippen LogP contribution in [0.1, 0.15) is 22.8 Å². The van der Waals surface area contributed by atoms with Crippen molar-refractivity contribution in [3.8, 4) is 0 Å². The molecule has 0 heterocycles. The van der Waals surface area contributed by atoms with Crippen molar-refractivity contribution in [2.45, 2.75) is 13.0 Å². The average Bonchev–Trinajstić information content (AvgIpc) is 2.47. The Bertz CT molecular complexity index is 813. The first kappa shape index (κ1) is 14.6. The lowest BCUT2D eigenvalue weighted by atomic mass is 9.93. The van der Waals surface area contributed by atoms with Gasteiger partial charge >= 0.3 is 0 Å². The molecule has 0 aromatic heterocycles. The minimum atomic E-state index is -0.666. The number of halogens is 2. The van der Waals surface area contributed by atoms with E-state index in [4.69, 9.17) is 11.6 Å². The number of fused-ring (bicyclic) bond motifs is 1. The molecule has 0 saturated carbocycles. The van der Waals surface area contributed by atoms with Gasteiger partial charge in [-0.2, -0.15) is 0 Å². The van der Waals surface area contributed by atoms with Gasteiger partial charge < -0.3 is 5.11 Å². The summed E-state index contributed by atoms with van der Waals surface area (Å²) in [5, 5.41) is 13.6. The number of hydrogen-bond donors (Lipinski definition) is 1. The van der Waals surface area contributed by atoms with Crippen LogP contribution in [0, 0.1) is 6.92 Å². The summed E-state index contributed by atoms with van der Waals surface area (Å²) in [6.07, 6.45) is -0.666. The van der Waals surface area contributed by atoms with Gasteiger partial charge in [-0.1, -0.05) is 63.9 Å². The van der Waals surface area contributed by atoms with Crippen molar-refractivity contribution in [1.29, 1.82) is 0 Å². The van der Waals surface area contributed by atoms with Gasteiger partial charge in [-0.3, -0.25) is 0 Å². The van der Waals surface area contributed by atoms with E-state index >= 15 is 0 Å². The molecular formula is C18H14BrClO. The summed E-state index contributed by atoms with van der Waals surface area (Å²) in [5.74, 6) is 0. The zero-order valence-electron chi connectivity index (χ0n) is 11.5. The Hall–Kier alpha value is -1.35. The van der Waals surface area contributed by atoms with Crippen LogP contribution in [-0.2, 0) is 0 Å². The van der Waals surface area contributed by atoms with E-state index in [1.807, 2.05) is 61.5 Å². The Morgan fingerprint density at radius 2 is 1.62 bits per heavy atom. The lowest BCUT2D eigenvalue weighted by Gasteiger charge is -2.17. The lowest BCUT2D eigenvalue weighted by molar-refractivity contribution is 0.221. The molecule has 0 amide bonds. The highest BCUT2D eigenvalue weighted by atomic mass is 79.9. The van der Waals surface area contributed by atoms with Crippen molar-refractivity contribution >= 4 is 38.3 Å². The van der Waals surface area contributed by atoms with Crippen LogP contribution >= 0.6 is 27.5 Å². The quantitative estimate of drug-likeness (QED) is 0.625. The molecule has 0 aliphatic rings. The third-order valence-corrected chi connectivity index (χ3v) is 4.65. The van der Waals surface area contributed by atoms with Gasteiger partial charge in [0.2, 0.25) is 0 Å². The second kappa shape index (κ2) is 5.80. The summed E-state index contributed by atoms with van der Waals surface area (Å²) in [6.45, 7) is 1.96. The summed E-state index contributed by atoms with van der Waals surface area (Å²) in [7, 11) is 0. The molecule has 0 spiro atoms. The van der Waals surface area contributed by atoms with Crippen LogP contribution in [0.25, 0.3) is 10.8 Å². The van der Waals surface area contributed by atoms with Crippen LogP contribution in [-0.4, -0.2) is 5.11 Å².